The van der Waals surface area contributed by atoms with Crippen LogP contribution in [-0.4, -0.2) is 29.2 Å². The van der Waals surface area contributed by atoms with Crippen LogP contribution in [0.1, 0.15) is 12.8 Å². The fourth-order valence-electron chi connectivity index (χ4n) is 1.88. The summed E-state index contributed by atoms with van der Waals surface area (Å²) in [5, 5.41) is 10.8. The average molecular weight is 350 g/mol. The Morgan fingerprint density at radius 1 is 1.25 bits per heavy atom. The Balaban J connectivity index is 2.08. The van der Waals surface area contributed by atoms with E-state index in [0.717, 1.165) is 12.1 Å². The van der Waals surface area contributed by atoms with Crippen molar-refractivity contribution in [3.63, 3.8) is 0 Å². The first-order valence-electron chi connectivity index (χ1n) is 5.72. The standard InChI is InChI=1S/C12H10BrF2NO4/c13-5-3-6(14)10(7(15)4-5)16-11(17)8-1-2-9(20-8)12(18)19/h3-4,8-9H,1-2H2,(H,16,17)(H,18,19). The lowest BCUT2D eigenvalue weighted by atomic mass is 10.2. The Kier molecular flexibility index (Phi) is 4.34. The maximum Gasteiger partial charge on any atom is 0.332 e. The van der Waals surface area contributed by atoms with Crippen LogP contribution in [0, 0.1) is 11.6 Å². The fraction of sp³-hybridized carbons (Fsp3) is 0.333. The molecule has 1 heterocycles. The number of carboxylic acids is 1. The third-order valence-electron chi connectivity index (χ3n) is 2.84. The summed E-state index contributed by atoms with van der Waals surface area (Å²) < 4.78 is 32.3. The first-order valence-corrected chi connectivity index (χ1v) is 6.51. The predicted molar refractivity (Wildman–Crippen MR) is 68.2 cm³/mol. The van der Waals surface area contributed by atoms with E-state index in [1.165, 1.54) is 0 Å². The summed E-state index contributed by atoms with van der Waals surface area (Å²) in [5.41, 5.74) is -0.583. The van der Waals surface area contributed by atoms with E-state index < -0.39 is 41.4 Å². The van der Waals surface area contributed by atoms with Crippen molar-refractivity contribution in [2.24, 2.45) is 0 Å². The van der Waals surface area contributed by atoms with Gasteiger partial charge in [-0.15, -0.1) is 0 Å². The average Bonchev–Trinajstić information content (AvgIpc) is 2.83. The molecule has 1 aromatic carbocycles. The van der Waals surface area contributed by atoms with Crippen LogP contribution in [0.25, 0.3) is 0 Å². The van der Waals surface area contributed by atoms with Gasteiger partial charge in [-0.25, -0.2) is 13.6 Å². The zero-order chi connectivity index (χ0) is 14.9. The van der Waals surface area contributed by atoms with Gasteiger partial charge in [0, 0.05) is 4.47 Å². The first kappa shape index (κ1) is 14.9. The molecule has 2 atom stereocenters. The van der Waals surface area contributed by atoms with E-state index in [9.17, 15) is 18.4 Å². The van der Waals surface area contributed by atoms with E-state index in [0.29, 0.717) is 0 Å². The number of aliphatic carboxylic acids is 1. The third-order valence-corrected chi connectivity index (χ3v) is 3.30. The van der Waals surface area contributed by atoms with E-state index >= 15 is 0 Å². The predicted octanol–water partition coefficient (Wildman–Crippen LogP) is 2.30. The van der Waals surface area contributed by atoms with Crippen molar-refractivity contribution in [1.82, 2.24) is 0 Å². The third kappa shape index (κ3) is 3.13. The zero-order valence-corrected chi connectivity index (χ0v) is 11.6. The van der Waals surface area contributed by atoms with Gasteiger partial charge < -0.3 is 15.2 Å². The zero-order valence-electron chi connectivity index (χ0n) is 10.0. The maximum absolute atomic E-state index is 13.5. The van der Waals surface area contributed by atoms with Crippen molar-refractivity contribution in [3.8, 4) is 0 Å². The quantitative estimate of drug-likeness (QED) is 0.877. The maximum atomic E-state index is 13.5. The summed E-state index contributed by atoms with van der Waals surface area (Å²) in [4.78, 5) is 22.5. The van der Waals surface area contributed by atoms with Crippen LogP contribution in [0.3, 0.4) is 0 Å². The number of hydrogen-bond donors (Lipinski definition) is 2. The lowest BCUT2D eigenvalue weighted by Gasteiger charge is -2.13. The van der Waals surface area contributed by atoms with Gasteiger partial charge >= 0.3 is 5.97 Å². The number of halogens is 3. The van der Waals surface area contributed by atoms with Gasteiger partial charge in [-0.3, -0.25) is 4.79 Å². The molecule has 20 heavy (non-hydrogen) atoms. The number of carbonyl (C=O) groups excluding carboxylic acids is 1. The van der Waals surface area contributed by atoms with E-state index in [-0.39, 0.29) is 17.3 Å². The van der Waals surface area contributed by atoms with Crippen LogP contribution >= 0.6 is 15.9 Å². The monoisotopic (exact) mass is 349 g/mol. The number of carboxylic acid groups (broad SMARTS) is 1. The molecule has 1 aliphatic heterocycles. The van der Waals surface area contributed by atoms with Gasteiger partial charge in [0.1, 0.15) is 11.8 Å². The van der Waals surface area contributed by atoms with Crippen molar-refractivity contribution in [2.45, 2.75) is 25.0 Å². The van der Waals surface area contributed by atoms with Crippen molar-refractivity contribution in [1.29, 1.82) is 0 Å². The highest BCUT2D eigenvalue weighted by Gasteiger charge is 2.35. The van der Waals surface area contributed by atoms with Crippen molar-refractivity contribution in [2.75, 3.05) is 5.32 Å². The number of rotatable bonds is 3. The van der Waals surface area contributed by atoms with Crippen LogP contribution in [0.15, 0.2) is 16.6 Å². The number of anilines is 1. The van der Waals surface area contributed by atoms with E-state index in [2.05, 4.69) is 21.2 Å². The molecule has 8 heteroatoms. The molecule has 0 spiro atoms. The minimum Gasteiger partial charge on any atom is -0.479 e. The van der Waals surface area contributed by atoms with Crippen molar-refractivity contribution in [3.05, 3.63) is 28.2 Å². The summed E-state index contributed by atoms with van der Waals surface area (Å²) in [5.74, 6) is -3.80. The van der Waals surface area contributed by atoms with Gasteiger partial charge in [0.05, 0.1) is 0 Å². The molecule has 5 nitrogen and oxygen atoms in total. The summed E-state index contributed by atoms with van der Waals surface area (Å²) in [6, 6.07) is 2.02. The second-order valence-corrected chi connectivity index (χ2v) is 5.18. The van der Waals surface area contributed by atoms with Gasteiger partial charge in [0.25, 0.3) is 5.91 Å². The minimum atomic E-state index is -1.17. The normalized spacial score (nSPS) is 21.8. The molecular weight excluding hydrogens is 340 g/mol. The number of carbonyl (C=O) groups is 2. The molecule has 108 valence electrons. The molecule has 0 saturated carbocycles. The van der Waals surface area contributed by atoms with Crippen molar-refractivity contribution >= 4 is 33.5 Å². The number of amides is 1. The van der Waals surface area contributed by atoms with Crippen LogP contribution in [0.4, 0.5) is 14.5 Å². The molecular formula is C12H10BrF2NO4. The molecule has 1 aromatic rings. The molecule has 1 saturated heterocycles. The SMILES string of the molecule is O=C(O)C1CCC(C(=O)Nc2c(F)cc(Br)cc2F)O1. The number of ether oxygens (including phenoxy) is 1. The van der Waals surface area contributed by atoms with Gasteiger partial charge in [0.15, 0.2) is 17.7 Å². The highest BCUT2D eigenvalue weighted by Crippen LogP contribution is 2.26. The highest BCUT2D eigenvalue weighted by molar-refractivity contribution is 9.10. The molecule has 0 bridgehead atoms. The largest absolute Gasteiger partial charge is 0.479 e. The smallest absolute Gasteiger partial charge is 0.332 e. The fourth-order valence-corrected chi connectivity index (χ4v) is 2.28. The van der Waals surface area contributed by atoms with Crippen LogP contribution < -0.4 is 5.32 Å². The Morgan fingerprint density at radius 3 is 2.30 bits per heavy atom. The van der Waals surface area contributed by atoms with E-state index in [1.807, 2.05) is 0 Å². The van der Waals surface area contributed by atoms with Gasteiger partial charge in [-0.05, 0) is 25.0 Å². The molecule has 0 aromatic heterocycles. The molecule has 2 rings (SSSR count). The Bertz CT molecular complexity index is 543. The lowest BCUT2D eigenvalue weighted by Crippen LogP contribution is -2.30. The Morgan fingerprint density at radius 2 is 1.80 bits per heavy atom. The molecule has 1 amide bonds. The first-order chi connectivity index (χ1) is 9.38. The lowest BCUT2D eigenvalue weighted by molar-refractivity contribution is -0.150. The van der Waals surface area contributed by atoms with Crippen LogP contribution in [-0.2, 0) is 14.3 Å². The van der Waals surface area contributed by atoms with Gasteiger partial charge in [0.2, 0.25) is 0 Å². The number of hydrogen-bond acceptors (Lipinski definition) is 3. The summed E-state index contributed by atoms with van der Waals surface area (Å²) in [6.07, 6.45) is -1.73. The summed E-state index contributed by atoms with van der Waals surface area (Å²) >= 11 is 2.92. The molecule has 0 aliphatic carbocycles. The Labute approximate surface area is 121 Å². The second kappa shape index (κ2) is 5.84. The molecule has 1 aliphatic rings. The van der Waals surface area contributed by atoms with Crippen LogP contribution in [0.2, 0.25) is 0 Å². The molecule has 2 unspecified atom stereocenters. The van der Waals surface area contributed by atoms with E-state index in [4.69, 9.17) is 9.84 Å². The van der Waals surface area contributed by atoms with Crippen LogP contribution in [0.5, 0.6) is 0 Å². The molecule has 1 fully saturated rings. The number of nitrogens with one attached hydrogen (secondary N) is 1. The summed E-state index contributed by atoms with van der Waals surface area (Å²) in [6.45, 7) is 0. The Hall–Kier alpha value is -1.54. The van der Waals surface area contributed by atoms with Crippen molar-refractivity contribution < 1.29 is 28.2 Å². The number of benzene rings is 1. The highest BCUT2D eigenvalue weighted by atomic mass is 79.9. The molecule has 2 N–H and O–H groups in total. The molecule has 0 radical (unpaired) electrons. The minimum absolute atomic E-state index is 0.179. The van der Waals surface area contributed by atoms with Gasteiger partial charge in [-0.1, -0.05) is 15.9 Å². The summed E-state index contributed by atoms with van der Waals surface area (Å²) in [7, 11) is 0. The van der Waals surface area contributed by atoms with E-state index in [1.54, 1.807) is 0 Å². The van der Waals surface area contributed by atoms with Gasteiger partial charge in [-0.2, -0.15) is 0 Å². The second-order valence-electron chi connectivity index (χ2n) is 4.26. The topological polar surface area (TPSA) is 75.6 Å².